The van der Waals surface area contributed by atoms with Crippen molar-refractivity contribution in [2.75, 3.05) is 25.2 Å². The molecule has 5 nitrogen and oxygen atoms in total. The quantitative estimate of drug-likeness (QED) is 0.833. The van der Waals surface area contributed by atoms with E-state index in [1.807, 2.05) is 13.8 Å². The molecule has 1 rings (SSSR count). The number of aromatic nitrogens is 2. The van der Waals surface area contributed by atoms with Gasteiger partial charge in [0.1, 0.15) is 0 Å². The monoisotopic (exact) mass is 257 g/mol. The number of aryl methyl sites for hydroxylation is 1. The fourth-order valence-electron chi connectivity index (χ4n) is 1.28. The predicted octanol–water partition coefficient (Wildman–Crippen LogP) is 1.36. The zero-order chi connectivity index (χ0) is 12.8. The van der Waals surface area contributed by atoms with Crippen LogP contribution in [-0.2, 0) is 10.8 Å². The number of hydrogen-bond acceptors (Lipinski definition) is 5. The Morgan fingerprint density at radius 3 is 2.82 bits per heavy atom. The van der Waals surface area contributed by atoms with Crippen LogP contribution < -0.4 is 10.1 Å². The van der Waals surface area contributed by atoms with Gasteiger partial charge in [0.05, 0.1) is 7.11 Å². The van der Waals surface area contributed by atoms with E-state index < -0.39 is 10.8 Å². The van der Waals surface area contributed by atoms with Crippen LogP contribution in [0, 0.1) is 6.92 Å². The van der Waals surface area contributed by atoms with Crippen molar-refractivity contribution in [3.63, 3.8) is 0 Å². The van der Waals surface area contributed by atoms with Crippen LogP contribution in [0.15, 0.2) is 6.07 Å². The average molecular weight is 257 g/mol. The van der Waals surface area contributed by atoms with Crippen LogP contribution >= 0.6 is 0 Å². The van der Waals surface area contributed by atoms with Gasteiger partial charge in [0, 0.05) is 40.6 Å². The summed E-state index contributed by atoms with van der Waals surface area (Å²) in [6.45, 7) is 4.56. The summed E-state index contributed by atoms with van der Waals surface area (Å²) in [6.07, 6.45) is 2.54. The molecule has 0 aliphatic rings. The van der Waals surface area contributed by atoms with Gasteiger partial charge in [-0.2, -0.15) is 4.98 Å². The maximum Gasteiger partial charge on any atom is 0.226 e. The molecular weight excluding hydrogens is 238 g/mol. The highest BCUT2D eigenvalue weighted by atomic mass is 32.2. The molecular formula is C11H19N3O2S. The fourth-order valence-corrected chi connectivity index (χ4v) is 1.73. The first-order valence-corrected chi connectivity index (χ1v) is 7.11. The topological polar surface area (TPSA) is 64.1 Å². The van der Waals surface area contributed by atoms with Crippen LogP contribution in [0.1, 0.15) is 19.0 Å². The normalized spacial score (nSPS) is 14.1. The summed E-state index contributed by atoms with van der Waals surface area (Å²) in [5.41, 5.74) is 0.853. The highest BCUT2D eigenvalue weighted by molar-refractivity contribution is 7.84. The Balaban J connectivity index is 2.51. The fraction of sp³-hybridized carbons (Fsp3) is 0.636. The molecule has 0 saturated carbocycles. The minimum Gasteiger partial charge on any atom is -0.481 e. The predicted molar refractivity (Wildman–Crippen MR) is 70.0 cm³/mol. The Hall–Kier alpha value is -1.17. The molecule has 0 aliphatic heterocycles. The maximum atomic E-state index is 11.2. The molecule has 2 atom stereocenters. The van der Waals surface area contributed by atoms with Crippen molar-refractivity contribution in [3.05, 3.63) is 11.8 Å². The second-order valence-electron chi connectivity index (χ2n) is 3.90. The highest BCUT2D eigenvalue weighted by Crippen LogP contribution is 2.11. The minimum atomic E-state index is -0.784. The molecule has 0 aromatic carbocycles. The van der Waals surface area contributed by atoms with Crippen molar-refractivity contribution in [1.29, 1.82) is 0 Å². The van der Waals surface area contributed by atoms with Crippen molar-refractivity contribution < 1.29 is 8.95 Å². The summed E-state index contributed by atoms with van der Waals surface area (Å²) in [4.78, 5) is 8.42. The van der Waals surface area contributed by atoms with Gasteiger partial charge in [-0.1, -0.05) is 6.92 Å². The lowest BCUT2D eigenvalue weighted by Gasteiger charge is -2.10. The molecule has 1 aromatic rings. The first kappa shape index (κ1) is 13.9. The van der Waals surface area contributed by atoms with Gasteiger partial charge in [0.15, 0.2) is 0 Å². The number of methoxy groups -OCH3 is 1. The van der Waals surface area contributed by atoms with Gasteiger partial charge in [-0.05, 0) is 13.3 Å². The van der Waals surface area contributed by atoms with Crippen LogP contribution in [0.3, 0.4) is 0 Å². The number of nitrogens with zero attached hydrogens (tertiary/aromatic N) is 2. The van der Waals surface area contributed by atoms with E-state index in [-0.39, 0.29) is 5.25 Å². The third-order valence-corrected chi connectivity index (χ3v) is 3.81. The zero-order valence-corrected chi connectivity index (χ0v) is 11.5. The third kappa shape index (κ3) is 4.68. The summed E-state index contributed by atoms with van der Waals surface area (Å²) in [5.74, 6) is 1.10. The van der Waals surface area contributed by atoms with Crippen LogP contribution in [0.2, 0.25) is 0 Å². The zero-order valence-electron chi connectivity index (χ0n) is 10.7. The summed E-state index contributed by atoms with van der Waals surface area (Å²) in [5, 5.41) is 3.28. The molecule has 0 fully saturated rings. The SMILES string of the molecule is COc1cc(C)nc(NCCC(C)S(C)=O)n1. The molecule has 0 saturated heterocycles. The number of anilines is 1. The lowest BCUT2D eigenvalue weighted by molar-refractivity contribution is 0.397. The lowest BCUT2D eigenvalue weighted by atomic mass is 10.3. The van der Waals surface area contributed by atoms with Gasteiger partial charge >= 0.3 is 0 Å². The number of ether oxygens (including phenoxy) is 1. The van der Waals surface area contributed by atoms with Gasteiger partial charge < -0.3 is 10.1 Å². The Labute approximate surface area is 104 Å². The standard InChI is InChI=1S/C11H19N3O2S/c1-8-7-10(16-3)14-11(13-8)12-6-5-9(2)17(4)15/h7,9H,5-6H2,1-4H3,(H,12,13,14). The number of nitrogens with one attached hydrogen (secondary N) is 1. The van der Waals surface area contributed by atoms with Crippen molar-refractivity contribution >= 4 is 16.7 Å². The van der Waals surface area contributed by atoms with Crippen molar-refractivity contribution in [3.8, 4) is 5.88 Å². The van der Waals surface area contributed by atoms with Crippen LogP contribution in [-0.4, -0.2) is 39.3 Å². The van der Waals surface area contributed by atoms with Gasteiger partial charge in [0.25, 0.3) is 0 Å². The van der Waals surface area contributed by atoms with E-state index in [1.54, 1.807) is 19.4 Å². The Morgan fingerprint density at radius 2 is 2.24 bits per heavy atom. The first-order valence-electron chi connectivity index (χ1n) is 5.48. The molecule has 0 amide bonds. The molecule has 0 radical (unpaired) electrons. The summed E-state index contributed by atoms with van der Waals surface area (Å²) < 4.78 is 16.2. The van der Waals surface area contributed by atoms with Gasteiger partial charge in [0.2, 0.25) is 11.8 Å². The lowest BCUT2D eigenvalue weighted by Crippen LogP contribution is -2.16. The smallest absolute Gasteiger partial charge is 0.226 e. The summed E-state index contributed by atoms with van der Waals surface area (Å²) >= 11 is 0. The van der Waals surface area contributed by atoms with Crippen molar-refractivity contribution in [1.82, 2.24) is 9.97 Å². The van der Waals surface area contributed by atoms with E-state index in [0.717, 1.165) is 12.1 Å². The summed E-state index contributed by atoms with van der Waals surface area (Å²) in [6, 6.07) is 1.77. The van der Waals surface area contributed by atoms with E-state index in [2.05, 4.69) is 15.3 Å². The second kappa shape index (κ2) is 6.54. The molecule has 0 aliphatic carbocycles. The van der Waals surface area contributed by atoms with Crippen LogP contribution in [0.5, 0.6) is 5.88 Å². The Bertz CT molecular complexity index is 398. The van der Waals surface area contributed by atoms with Crippen LogP contribution in [0.25, 0.3) is 0 Å². The molecule has 0 bridgehead atoms. The Kier molecular flexibility index (Phi) is 5.34. The van der Waals surface area contributed by atoms with E-state index in [4.69, 9.17) is 4.74 Å². The van der Waals surface area contributed by atoms with Crippen molar-refractivity contribution in [2.45, 2.75) is 25.5 Å². The molecule has 96 valence electrons. The van der Waals surface area contributed by atoms with E-state index >= 15 is 0 Å². The van der Waals surface area contributed by atoms with Gasteiger partial charge in [-0.3, -0.25) is 4.21 Å². The molecule has 2 unspecified atom stereocenters. The first-order chi connectivity index (χ1) is 8.02. The Morgan fingerprint density at radius 1 is 1.53 bits per heavy atom. The van der Waals surface area contributed by atoms with Crippen LogP contribution in [0.4, 0.5) is 5.95 Å². The second-order valence-corrected chi connectivity index (χ2v) is 5.70. The molecule has 6 heteroatoms. The van der Waals surface area contributed by atoms with Gasteiger partial charge in [-0.25, -0.2) is 4.98 Å². The average Bonchev–Trinajstić information content (AvgIpc) is 2.27. The molecule has 1 N–H and O–H groups in total. The third-order valence-electron chi connectivity index (χ3n) is 2.44. The molecule has 1 aromatic heterocycles. The van der Waals surface area contributed by atoms with E-state index in [1.165, 1.54) is 0 Å². The maximum absolute atomic E-state index is 11.2. The number of hydrogen-bond donors (Lipinski definition) is 1. The number of rotatable bonds is 6. The van der Waals surface area contributed by atoms with Crippen molar-refractivity contribution in [2.24, 2.45) is 0 Å². The molecule has 1 heterocycles. The highest BCUT2D eigenvalue weighted by Gasteiger charge is 2.06. The molecule has 0 spiro atoms. The molecule has 17 heavy (non-hydrogen) atoms. The summed E-state index contributed by atoms with van der Waals surface area (Å²) in [7, 11) is 0.793. The van der Waals surface area contributed by atoms with Gasteiger partial charge in [-0.15, -0.1) is 0 Å². The van der Waals surface area contributed by atoms with E-state index in [0.29, 0.717) is 18.4 Å². The minimum absolute atomic E-state index is 0.175. The largest absolute Gasteiger partial charge is 0.481 e. The van der Waals surface area contributed by atoms with E-state index in [9.17, 15) is 4.21 Å².